The van der Waals surface area contributed by atoms with Gasteiger partial charge < -0.3 is 21.9 Å². The summed E-state index contributed by atoms with van der Waals surface area (Å²) < 4.78 is 5.36. The summed E-state index contributed by atoms with van der Waals surface area (Å²) in [4.78, 5) is 0. The molecule has 0 radical (unpaired) electrons. The van der Waals surface area contributed by atoms with Crippen molar-refractivity contribution in [3.05, 3.63) is 0 Å². The summed E-state index contributed by atoms with van der Waals surface area (Å²) in [5.74, 6) is 0. The van der Waals surface area contributed by atoms with Crippen molar-refractivity contribution in [1.82, 2.24) is 0 Å². The third kappa shape index (κ3) is 12.6. The number of hydrogen-bond acceptors (Lipinski definition) is 4. The Hall–Kier alpha value is 0.710. The minimum absolute atomic E-state index is 0. The highest BCUT2D eigenvalue weighted by molar-refractivity contribution is 5.86. The lowest BCUT2D eigenvalue weighted by Crippen LogP contribution is -2.40. The highest BCUT2D eigenvalue weighted by atomic mass is 35.5. The van der Waals surface area contributed by atoms with E-state index in [-0.39, 0.29) is 48.7 Å². The molecule has 0 heterocycles. The molecule has 0 fully saturated rings. The van der Waals surface area contributed by atoms with Crippen LogP contribution in [-0.4, -0.2) is 32.3 Å². The van der Waals surface area contributed by atoms with Gasteiger partial charge in [0.2, 0.25) is 0 Å². The van der Waals surface area contributed by atoms with E-state index in [0.717, 1.165) is 0 Å². The zero-order valence-electron chi connectivity index (χ0n) is 9.27. The number of ether oxygens (including phenoxy) is 1. The van der Waals surface area contributed by atoms with Gasteiger partial charge in [-0.1, -0.05) is 6.92 Å². The van der Waals surface area contributed by atoms with Crippen LogP contribution in [0.4, 0.5) is 0 Å². The summed E-state index contributed by atoms with van der Waals surface area (Å²) in [7, 11) is 0. The van der Waals surface area contributed by atoms with Crippen LogP contribution in [0.1, 0.15) is 13.8 Å². The quantitative estimate of drug-likeness (QED) is 0.664. The average molecular weight is 285 g/mol. The predicted octanol–water partition coefficient (Wildman–Crippen LogP) is 0.539. The van der Waals surface area contributed by atoms with Crippen molar-refractivity contribution >= 4 is 37.2 Å². The Morgan fingerprint density at radius 3 is 1.80 bits per heavy atom. The molecule has 0 aliphatic rings. The van der Waals surface area contributed by atoms with Crippen molar-refractivity contribution in [2.45, 2.75) is 19.9 Å². The zero-order chi connectivity index (χ0) is 9.61. The number of hydrogen-bond donors (Lipinski definition) is 3. The molecule has 6 N–H and O–H groups in total. The highest BCUT2D eigenvalue weighted by Crippen LogP contribution is 2.11. The number of halogens is 3. The summed E-state index contributed by atoms with van der Waals surface area (Å²) in [5, 5.41) is 0. The molecule has 0 rings (SSSR count). The summed E-state index contributed by atoms with van der Waals surface area (Å²) in [5.41, 5.74) is 16.5. The number of nitrogens with two attached hydrogens (primary N) is 3. The zero-order valence-corrected chi connectivity index (χ0v) is 11.7. The molecule has 0 aliphatic carbocycles. The van der Waals surface area contributed by atoms with Gasteiger partial charge in [0.1, 0.15) is 0 Å². The molecular formula is C8H24Cl3N3O. The van der Waals surface area contributed by atoms with E-state index in [1.54, 1.807) is 0 Å². The van der Waals surface area contributed by atoms with E-state index in [1.807, 2.05) is 13.8 Å². The number of rotatable bonds is 6. The van der Waals surface area contributed by atoms with Gasteiger partial charge in [-0.25, -0.2) is 0 Å². The summed E-state index contributed by atoms with van der Waals surface area (Å²) in [6.07, 6.45) is 0. The van der Waals surface area contributed by atoms with Crippen molar-refractivity contribution < 1.29 is 4.74 Å². The van der Waals surface area contributed by atoms with Crippen molar-refractivity contribution in [2.24, 2.45) is 22.6 Å². The molecular weight excluding hydrogens is 260 g/mol. The monoisotopic (exact) mass is 283 g/mol. The van der Waals surface area contributed by atoms with Crippen LogP contribution >= 0.6 is 37.2 Å². The van der Waals surface area contributed by atoms with E-state index >= 15 is 0 Å². The van der Waals surface area contributed by atoms with Crippen molar-refractivity contribution in [3.63, 3.8) is 0 Å². The molecule has 0 aromatic carbocycles. The summed E-state index contributed by atoms with van der Waals surface area (Å²) in [6.45, 7) is 6.15. The SMILES string of the molecule is CC(N)COCC(C)(CN)CN.Cl.Cl.Cl. The minimum Gasteiger partial charge on any atom is -0.379 e. The molecule has 0 amide bonds. The molecule has 0 aromatic heterocycles. The van der Waals surface area contributed by atoms with Crippen LogP contribution in [0.2, 0.25) is 0 Å². The Morgan fingerprint density at radius 2 is 1.53 bits per heavy atom. The first-order valence-corrected chi connectivity index (χ1v) is 4.27. The van der Waals surface area contributed by atoms with Crippen LogP contribution in [0.15, 0.2) is 0 Å². The summed E-state index contributed by atoms with van der Waals surface area (Å²) in [6, 6.07) is 0.0739. The second-order valence-electron chi connectivity index (χ2n) is 3.71. The van der Waals surface area contributed by atoms with E-state index in [0.29, 0.717) is 26.3 Å². The average Bonchev–Trinajstić information content (AvgIpc) is 2.03. The van der Waals surface area contributed by atoms with Gasteiger partial charge >= 0.3 is 0 Å². The maximum atomic E-state index is 5.54. The fraction of sp³-hybridized carbons (Fsp3) is 1.00. The molecule has 1 atom stereocenters. The molecule has 0 bridgehead atoms. The van der Waals surface area contributed by atoms with Gasteiger partial charge in [-0.3, -0.25) is 0 Å². The van der Waals surface area contributed by atoms with Gasteiger partial charge in [0.25, 0.3) is 0 Å². The second kappa shape index (κ2) is 12.8. The second-order valence-corrected chi connectivity index (χ2v) is 3.71. The molecule has 0 saturated carbocycles. The van der Waals surface area contributed by atoms with Crippen molar-refractivity contribution in [1.29, 1.82) is 0 Å². The molecule has 1 unspecified atom stereocenters. The smallest absolute Gasteiger partial charge is 0.0615 e. The van der Waals surface area contributed by atoms with Crippen LogP contribution in [0.3, 0.4) is 0 Å². The van der Waals surface area contributed by atoms with E-state index in [9.17, 15) is 0 Å². The Labute approximate surface area is 111 Å². The third-order valence-electron chi connectivity index (χ3n) is 1.82. The fourth-order valence-corrected chi connectivity index (χ4v) is 0.692. The topological polar surface area (TPSA) is 87.3 Å². The van der Waals surface area contributed by atoms with Crippen molar-refractivity contribution in [2.75, 3.05) is 26.3 Å². The predicted molar refractivity (Wildman–Crippen MR) is 72.4 cm³/mol. The molecule has 0 aliphatic heterocycles. The minimum atomic E-state index is -0.102. The molecule has 0 aromatic rings. The van der Waals surface area contributed by atoms with E-state index in [1.165, 1.54) is 0 Å². The molecule has 98 valence electrons. The Bertz CT molecular complexity index is 124. The fourth-order valence-electron chi connectivity index (χ4n) is 0.692. The van der Waals surface area contributed by atoms with Gasteiger partial charge in [0.15, 0.2) is 0 Å². The van der Waals surface area contributed by atoms with Crippen LogP contribution < -0.4 is 17.2 Å². The standard InChI is InChI=1S/C8H21N3O.3ClH/c1-7(11)3-12-6-8(2,4-9)5-10;;;/h7H,3-6,9-11H2,1-2H3;3*1H. The Morgan fingerprint density at radius 1 is 1.13 bits per heavy atom. The molecule has 15 heavy (non-hydrogen) atoms. The van der Waals surface area contributed by atoms with Crippen LogP contribution in [-0.2, 0) is 4.74 Å². The van der Waals surface area contributed by atoms with Crippen LogP contribution in [0.25, 0.3) is 0 Å². The van der Waals surface area contributed by atoms with E-state index in [2.05, 4.69) is 0 Å². The van der Waals surface area contributed by atoms with E-state index in [4.69, 9.17) is 21.9 Å². The van der Waals surface area contributed by atoms with Crippen molar-refractivity contribution in [3.8, 4) is 0 Å². The first kappa shape index (κ1) is 24.8. The van der Waals surface area contributed by atoms with E-state index < -0.39 is 0 Å². The molecule has 0 spiro atoms. The maximum Gasteiger partial charge on any atom is 0.0615 e. The highest BCUT2D eigenvalue weighted by Gasteiger charge is 2.20. The maximum absolute atomic E-state index is 5.54. The Balaban J connectivity index is -0.000000202. The van der Waals surface area contributed by atoms with Crippen LogP contribution in [0, 0.1) is 5.41 Å². The molecule has 4 nitrogen and oxygen atoms in total. The first-order valence-electron chi connectivity index (χ1n) is 4.27. The van der Waals surface area contributed by atoms with Crippen LogP contribution in [0.5, 0.6) is 0 Å². The lowest BCUT2D eigenvalue weighted by molar-refractivity contribution is 0.0556. The summed E-state index contributed by atoms with van der Waals surface area (Å²) >= 11 is 0. The van der Waals surface area contributed by atoms with Gasteiger partial charge in [-0.2, -0.15) is 0 Å². The first-order chi connectivity index (χ1) is 5.54. The largest absolute Gasteiger partial charge is 0.379 e. The van der Waals surface area contributed by atoms with Gasteiger partial charge in [0.05, 0.1) is 13.2 Å². The third-order valence-corrected chi connectivity index (χ3v) is 1.82. The van der Waals surface area contributed by atoms with Gasteiger partial charge in [-0.05, 0) is 6.92 Å². The lowest BCUT2D eigenvalue weighted by Gasteiger charge is -2.25. The van der Waals surface area contributed by atoms with Gasteiger partial charge in [0, 0.05) is 24.5 Å². The Kier molecular flexibility index (Phi) is 21.1. The lowest BCUT2D eigenvalue weighted by atomic mass is 9.92. The molecule has 0 saturated heterocycles. The normalized spacial score (nSPS) is 11.8. The molecule has 7 heteroatoms. The van der Waals surface area contributed by atoms with Gasteiger partial charge in [-0.15, -0.1) is 37.2 Å².